The highest BCUT2D eigenvalue weighted by molar-refractivity contribution is 5.90. The molecule has 132 valence electrons. The molecule has 7 nitrogen and oxygen atoms in total. The molecule has 0 spiro atoms. The smallest absolute Gasteiger partial charge is 0.352 e. The maximum atomic E-state index is 12.6. The molecule has 0 radical (unpaired) electrons. The molecule has 0 unspecified atom stereocenters. The number of amides is 1. The van der Waals surface area contributed by atoms with Crippen molar-refractivity contribution in [2.75, 3.05) is 7.05 Å². The highest BCUT2D eigenvalue weighted by Gasteiger charge is 2.27. The number of carbonyl (C=O) groups is 1. The van der Waals surface area contributed by atoms with Gasteiger partial charge < -0.3 is 5.32 Å². The summed E-state index contributed by atoms with van der Waals surface area (Å²) in [5.74, 6) is -0.466. The van der Waals surface area contributed by atoms with Gasteiger partial charge in [0, 0.05) is 11.8 Å². The second-order valence-corrected chi connectivity index (χ2v) is 5.87. The van der Waals surface area contributed by atoms with Crippen LogP contribution in [0, 0.1) is 6.92 Å². The fourth-order valence-electron chi connectivity index (χ4n) is 2.50. The van der Waals surface area contributed by atoms with E-state index in [0.29, 0.717) is 6.54 Å². The second-order valence-electron chi connectivity index (χ2n) is 5.87. The Morgan fingerprint density at radius 1 is 1.19 bits per heavy atom. The molecular formula is C19H20N5O2+. The number of benzene rings is 2. The molecule has 26 heavy (non-hydrogen) atoms. The number of hydrogen-bond donors (Lipinski definition) is 2. The lowest BCUT2D eigenvalue weighted by Gasteiger charge is -1.99. The Balaban J connectivity index is 1.97. The van der Waals surface area contributed by atoms with Crippen LogP contribution in [0.1, 0.15) is 27.2 Å². The highest BCUT2D eigenvalue weighted by Crippen LogP contribution is 2.00. The fraction of sp³-hybridized carbons (Fsp3) is 0.158. The molecular weight excluding hydrogens is 330 g/mol. The molecule has 0 saturated carbocycles. The number of carbonyl (C=O) groups excluding carboxylic acids is 1. The quantitative estimate of drug-likeness (QED) is 0.533. The molecule has 1 heterocycles. The zero-order chi connectivity index (χ0) is 18.5. The van der Waals surface area contributed by atoms with Gasteiger partial charge in [0.1, 0.15) is 6.54 Å². The Labute approximate surface area is 150 Å². The maximum absolute atomic E-state index is 12.6. The highest BCUT2D eigenvalue weighted by atomic mass is 16.2. The summed E-state index contributed by atoms with van der Waals surface area (Å²) < 4.78 is 1.49. The summed E-state index contributed by atoms with van der Waals surface area (Å²) in [6.07, 6.45) is 1.57. The molecule has 3 rings (SSSR count). The Kier molecular flexibility index (Phi) is 5.07. The van der Waals surface area contributed by atoms with Crippen LogP contribution in [0.3, 0.4) is 0 Å². The van der Waals surface area contributed by atoms with Crippen LogP contribution in [0.5, 0.6) is 0 Å². The third kappa shape index (κ3) is 3.77. The SMILES string of the molecule is CNC(=O)c1c(=O)n(N=Cc2ccc(C)cc2)[nH][n+]1Cc1ccccc1. The molecule has 0 atom stereocenters. The first-order chi connectivity index (χ1) is 12.6. The van der Waals surface area contributed by atoms with E-state index in [2.05, 4.69) is 15.6 Å². The minimum Gasteiger partial charge on any atom is -0.352 e. The van der Waals surface area contributed by atoms with Crippen LogP contribution >= 0.6 is 0 Å². The summed E-state index contributed by atoms with van der Waals surface area (Å²) in [7, 11) is 1.49. The zero-order valence-corrected chi connectivity index (χ0v) is 14.6. The lowest BCUT2D eigenvalue weighted by molar-refractivity contribution is -0.749. The van der Waals surface area contributed by atoms with Gasteiger partial charge >= 0.3 is 17.2 Å². The number of nitrogens with one attached hydrogen (secondary N) is 2. The molecule has 0 aliphatic heterocycles. The molecule has 0 saturated heterocycles. The van der Waals surface area contributed by atoms with Gasteiger partial charge in [0.05, 0.1) is 6.21 Å². The van der Waals surface area contributed by atoms with Crippen LogP contribution < -0.4 is 15.6 Å². The fourth-order valence-corrected chi connectivity index (χ4v) is 2.50. The van der Waals surface area contributed by atoms with Gasteiger partial charge in [-0.3, -0.25) is 4.79 Å². The van der Waals surface area contributed by atoms with Crippen molar-refractivity contribution in [3.63, 3.8) is 0 Å². The van der Waals surface area contributed by atoms with E-state index in [0.717, 1.165) is 21.5 Å². The first-order valence-corrected chi connectivity index (χ1v) is 8.20. The van der Waals surface area contributed by atoms with Crippen molar-refractivity contribution in [2.45, 2.75) is 13.5 Å². The normalized spacial score (nSPS) is 11.0. The number of rotatable bonds is 5. The van der Waals surface area contributed by atoms with Crippen LogP contribution in [0.4, 0.5) is 0 Å². The number of aromatic nitrogens is 3. The topological polar surface area (TPSA) is 83.1 Å². The van der Waals surface area contributed by atoms with E-state index in [9.17, 15) is 9.59 Å². The monoisotopic (exact) mass is 350 g/mol. The van der Waals surface area contributed by atoms with E-state index in [-0.39, 0.29) is 5.69 Å². The first kappa shape index (κ1) is 17.3. The molecule has 2 aromatic carbocycles. The second kappa shape index (κ2) is 7.60. The van der Waals surface area contributed by atoms with Crippen molar-refractivity contribution in [3.8, 4) is 0 Å². The molecule has 3 aromatic rings. The van der Waals surface area contributed by atoms with Crippen molar-refractivity contribution in [1.29, 1.82) is 0 Å². The van der Waals surface area contributed by atoms with Gasteiger partial charge in [0.25, 0.3) is 0 Å². The number of aromatic amines is 1. The van der Waals surface area contributed by atoms with E-state index in [1.165, 1.54) is 11.7 Å². The number of hydrogen-bond acceptors (Lipinski definition) is 3. The first-order valence-electron chi connectivity index (χ1n) is 8.20. The van der Waals surface area contributed by atoms with Gasteiger partial charge in [0.15, 0.2) is 0 Å². The van der Waals surface area contributed by atoms with E-state index in [1.807, 2.05) is 61.5 Å². The average Bonchev–Trinajstić information content (AvgIpc) is 2.96. The van der Waals surface area contributed by atoms with E-state index < -0.39 is 11.5 Å². The van der Waals surface area contributed by atoms with E-state index >= 15 is 0 Å². The van der Waals surface area contributed by atoms with Crippen molar-refractivity contribution < 1.29 is 9.48 Å². The Morgan fingerprint density at radius 3 is 2.54 bits per heavy atom. The Morgan fingerprint density at radius 2 is 1.88 bits per heavy atom. The number of nitrogens with zero attached hydrogens (tertiary/aromatic N) is 3. The van der Waals surface area contributed by atoms with Gasteiger partial charge in [-0.25, -0.2) is 4.79 Å². The summed E-state index contributed by atoms with van der Waals surface area (Å²) in [6, 6.07) is 17.3. The summed E-state index contributed by atoms with van der Waals surface area (Å²) >= 11 is 0. The van der Waals surface area contributed by atoms with Gasteiger partial charge in [-0.05, 0) is 18.1 Å². The van der Waals surface area contributed by atoms with Crippen molar-refractivity contribution in [3.05, 3.63) is 87.3 Å². The molecule has 1 amide bonds. The summed E-state index contributed by atoms with van der Waals surface area (Å²) in [4.78, 5) is 25.8. The third-order valence-electron chi connectivity index (χ3n) is 3.91. The molecule has 0 aliphatic rings. The third-order valence-corrected chi connectivity index (χ3v) is 3.91. The molecule has 0 fully saturated rings. The van der Waals surface area contributed by atoms with Crippen LogP contribution in [-0.2, 0) is 6.54 Å². The summed E-state index contributed by atoms with van der Waals surface area (Å²) in [5, 5.41) is 9.52. The van der Waals surface area contributed by atoms with Gasteiger partial charge in [-0.2, -0.15) is 0 Å². The van der Waals surface area contributed by atoms with Crippen LogP contribution in [0.25, 0.3) is 0 Å². The van der Waals surface area contributed by atoms with Gasteiger partial charge in [0.2, 0.25) is 0 Å². The van der Waals surface area contributed by atoms with Gasteiger partial charge in [-0.1, -0.05) is 70.5 Å². The van der Waals surface area contributed by atoms with Crippen molar-refractivity contribution in [1.82, 2.24) is 15.3 Å². The molecule has 7 heteroatoms. The Bertz CT molecular complexity index is 985. The molecule has 2 N–H and O–H groups in total. The lowest BCUT2D eigenvalue weighted by Crippen LogP contribution is -2.46. The predicted molar refractivity (Wildman–Crippen MR) is 98.4 cm³/mol. The largest absolute Gasteiger partial charge is 0.432 e. The summed E-state index contributed by atoms with van der Waals surface area (Å²) in [5.41, 5.74) is 2.44. The number of H-pyrrole nitrogens is 1. The minimum absolute atomic E-state index is 0.00240. The van der Waals surface area contributed by atoms with E-state index in [1.54, 1.807) is 6.21 Å². The van der Waals surface area contributed by atoms with Crippen molar-refractivity contribution >= 4 is 12.1 Å². The average molecular weight is 350 g/mol. The maximum Gasteiger partial charge on any atom is 0.432 e. The molecule has 0 bridgehead atoms. The molecule has 1 aromatic heterocycles. The molecule has 0 aliphatic carbocycles. The van der Waals surface area contributed by atoms with E-state index in [4.69, 9.17) is 0 Å². The van der Waals surface area contributed by atoms with Crippen molar-refractivity contribution in [2.24, 2.45) is 5.10 Å². The zero-order valence-electron chi connectivity index (χ0n) is 14.6. The lowest BCUT2D eigenvalue weighted by atomic mass is 10.2. The van der Waals surface area contributed by atoms with Crippen LogP contribution in [-0.4, -0.2) is 29.2 Å². The summed E-state index contributed by atoms with van der Waals surface area (Å²) in [6.45, 7) is 2.35. The predicted octanol–water partition coefficient (Wildman–Crippen LogP) is 1.06. The van der Waals surface area contributed by atoms with Crippen LogP contribution in [0.2, 0.25) is 0 Å². The van der Waals surface area contributed by atoms with Crippen LogP contribution in [0.15, 0.2) is 64.5 Å². The minimum atomic E-state index is -0.511. The Hall–Kier alpha value is -3.48. The number of aryl methyl sites for hydroxylation is 1. The van der Waals surface area contributed by atoms with Gasteiger partial charge in [-0.15, -0.1) is 4.68 Å². The standard InChI is InChI=1S/C19H19N5O2/c1-14-8-10-15(11-9-14)12-21-24-19(26)17(18(25)20-2)23(22-24)13-16-6-4-3-5-7-16/h3-12H,13H2,1-2H3,(H-,20,22,25,26)/p+1.